The SMILES string of the molecule is COCCNCc1csc(N(C)CCN2CCCC2)n1. The maximum Gasteiger partial charge on any atom is 0.185 e. The molecule has 1 saturated heterocycles. The summed E-state index contributed by atoms with van der Waals surface area (Å²) < 4.78 is 5.01. The Morgan fingerprint density at radius 2 is 2.25 bits per heavy atom. The molecule has 0 atom stereocenters. The van der Waals surface area contributed by atoms with E-state index < -0.39 is 0 Å². The Hall–Kier alpha value is -0.690. The molecule has 6 heteroatoms. The third kappa shape index (κ3) is 5.01. The summed E-state index contributed by atoms with van der Waals surface area (Å²) in [6.45, 7) is 7.17. The molecule has 1 aliphatic rings. The zero-order valence-electron chi connectivity index (χ0n) is 12.6. The van der Waals surface area contributed by atoms with E-state index in [2.05, 4.69) is 32.5 Å². The highest BCUT2D eigenvalue weighted by molar-refractivity contribution is 7.13. The monoisotopic (exact) mass is 298 g/mol. The quantitative estimate of drug-likeness (QED) is 0.698. The molecule has 20 heavy (non-hydrogen) atoms. The highest BCUT2D eigenvalue weighted by Gasteiger charge is 2.13. The Kier molecular flexibility index (Phi) is 6.72. The second kappa shape index (κ2) is 8.56. The second-order valence-electron chi connectivity index (χ2n) is 5.26. The number of hydrogen-bond acceptors (Lipinski definition) is 6. The van der Waals surface area contributed by atoms with Crippen LogP contribution in [0, 0.1) is 0 Å². The summed E-state index contributed by atoms with van der Waals surface area (Å²) in [6.07, 6.45) is 2.72. The maximum atomic E-state index is 5.01. The topological polar surface area (TPSA) is 40.6 Å². The molecule has 1 fully saturated rings. The van der Waals surface area contributed by atoms with Crippen molar-refractivity contribution in [3.05, 3.63) is 11.1 Å². The van der Waals surface area contributed by atoms with Gasteiger partial charge in [-0.2, -0.15) is 0 Å². The maximum absolute atomic E-state index is 5.01. The first-order chi connectivity index (χ1) is 9.79. The fourth-order valence-corrected chi connectivity index (χ4v) is 3.16. The van der Waals surface area contributed by atoms with E-state index in [1.54, 1.807) is 18.4 Å². The zero-order valence-corrected chi connectivity index (χ0v) is 13.4. The summed E-state index contributed by atoms with van der Waals surface area (Å²) in [7, 11) is 3.86. The van der Waals surface area contributed by atoms with Crippen molar-refractivity contribution in [3.63, 3.8) is 0 Å². The number of hydrogen-bond donors (Lipinski definition) is 1. The Balaban J connectivity index is 1.69. The van der Waals surface area contributed by atoms with Crippen molar-refractivity contribution >= 4 is 16.5 Å². The molecule has 0 spiro atoms. The van der Waals surface area contributed by atoms with Crippen LogP contribution < -0.4 is 10.2 Å². The molecule has 0 amide bonds. The molecule has 1 aromatic rings. The number of rotatable bonds is 9. The summed E-state index contributed by atoms with van der Waals surface area (Å²) in [4.78, 5) is 9.48. The van der Waals surface area contributed by atoms with Gasteiger partial charge in [0.1, 0.15) is 0 Å². The Bertz CT molecular complexity index is 379. The number of likely N-dealkylation sites (N-methyl/N-ethyl adjacent to an activating group) is 1. The van der Waals surface area contributed by atoms with Crippen molar-refractivity contribution in [1.29, 1.82) is 0 Å². The third-order valence-electron chi connectivity index (χ3n) is 3.61. The van der Waals surface area contributed by atoms with Crippen LogP contribution in [-0.2, 0) is 11.3 Å². The first-order valence-electron chi connectivity index (χ1n) is 7.37. The molecule has 1 N–H and O–H groups in total. The van der Waals surface area contributed by atoms with E-state index in [4.69, 9.17) is 4.74 Å². The van der Waals surface area contributed by atoms with Gasteiger partial charge in [0.15, 0.2) is 5.13 Å². The first-order valence-corrected chi connectivity index (χ1v) is 8.25. The van der Waals surface area contributed by atoms with Crippen LogP contribution in [0.3, 0.4) is 0 Å². The van der Waals surface area contributed by atoms with Crippen molar-refractivity contribution in [1.82, 2.24) is 15.2 Å². The predicted molar refractivity (Wildman–Crippen MR) is 84.6 cm³/mol. The minimum Gasteiger partial charge on any atom is -0.383 e. The highest BCUT2D eigenvalue weighted by atomic mass is 32.1. The number of ether oxygens (including phenoxy) is 1. The lowest BCUT2D eigenvalue weighted by atomic mass is 10.4. The van der Waals surface area contributed by atoms with E-state index in [1.165, 1.54) is 25.9 Å². The van der Waals surface area contributed by atoms with E-state index >= 15 is 0 Å². The molecular weight excluding hydrogens is 272 g/mol. The van der Waals surface area contributed by atoms with Crippen LogP contribution in [0.25, 0.3) is 0 Å². The summed E-state index contributed by atoms with van der Waals surface area (Å²) in [5, 5.41) is 6.58. The van der Waals surface area contributed by atoms with Crippen LogP contribution in [0.5, 0.6) is 0 Å². The fourth-order valence-electron chi connectivity index (χ4n) is 2.34. The van der Waals surface area contributed by atoms with Gasteiger partial charge in [-0.15, -0.1) is 11.3 Å². The van der Waals surface area contributed by atoms with Crippen molar-refractivity contribution in [2.24, 2.45) is 0 Å². The number of likely N-dealkylation sites (tertiary alicyclic amines) is 1. The van der Waals surface area contributed by atoms with Gasteiger partial charge in [0, 0.05) is 45.7 Å². The van der Waals surface area contributed by atoms with E-state index in [-0.39, 0.29) is 0 Å². The second-order valence-corrected chi connectivity index (χ2v) is 6.10. The Morgan fingerprint density at radius 3 is 3.00 bits per heavy atom. The molecule has 0 saturated carbocycles. The Labute approximate surface area is 125 Å². The summed E-state index contributed by atoms with van der Waals surface area (Å²) >= 11 is 1.73. The average Bonchev–Trinajstić information content (AvgIpc) is 3.12. The van der Waals surface area contributed by atoms with Crippen LogP contribution in [0.15, 0.2) is 5.38 Å². The van der Waals surface area contributed by atoms with Crippen LogP contribution >= 0.6 is 11.3 Å². The minimum absolute atomic E-state index is 0.743. The summed E-state index contributed by atoms with van der Waals surface area (Å²) in [6, 6.07) is 0. The smallest absolute Gasteiger partial charge is 0.185 e. The zero-order chi connectivity index (χ0) is 14.2. The van der Waals surface area contributed by atoms with Gasteiger partial charge < -0.3 is 19.9 Å². The lowest BCUT2D eigenvalue weighted by molar-refractivity contribution is 0.199. The lowest BCUT2D eigenvalue weighted by Crippen LogP contribution is -2.31. The van der Waals surface area contributed by atoms with Gasteiger partial charge in [0.25, 0.3) is 0 Å². The normalized spacial score (nSPS) is 15.9. The van der Waals surface area contributed by atoms with Crippen molar-refractivity contribution in [2.45, 2.75) is 19.4 Å². The van der Waals surface area contributed by atoms with Gasteiger partial charge in [-0.3, -0.25) is 0 Å². The van der Waals surface area contributed by atoms with E-state index in [9.17, 15) is 0 Å². The molecule has 2 rings (SSSR count). The number of nitrogens with zero attached hydrogens (tertiary/aromatic N) is 3. The van der Waals surface area contributed by atoms with Gasteiger partial charge in [0.05, 0.1) is 12.3 Å². The summed E-state index contributed by atoms with van der Waals surface area (Å²) in [5.41, 5.74) is 1.12. The van der Waals surface area contributed by atoms with Crippen molar-refractivity contribution < 1.29 is 4.74 Å². The standard InChI is InChI=1S/C14H26N4OS/c1-17(8-9-18-6-3-4-7-18)14-16-13(12-20-14)11-15-5-10-19-2/h12,15H,3-11H2,1-2H3. The van der Waals surface area contributed by atoms with Gasteiger partial charge >= 0.3 is 0 Å². The molecule has 1 aliphatic heterocycles. The van der Waals surface area contributed by atoms with Gasteiger partial charge in [-0.05, 0) is 25.9 Å². The highest BCUT2D eigenvalue weighted by Crippen LogP contribution is 2.19. The van der Waals surface area contributed by atoms with Crippen LogP contribution in [0.1, 0.15) is 18.5 Å². The lowest BCUT2D eigenvalue weighted by Gasteiger charge is -2.20. The van der Waals surface area contributed by atoms with Crippen LogP contribution in [0.2, 0.25) is 0 Å². The van der Waals surface area contributed by atoms with E-state index in [0.717, 1.165) is 43.6 Å². The molecule has 0 aromatic carbocycles. The molecule has 1 aromatic heterocycles. The molecule has 2 heterocycles. The summed E-state index contributed by atoms with van der Waals surface area (Å²) in [5.74, 6) is 0. The third-order valence-corrected chi connectivity index (χ3v) is 4.61. The molecule has 0 radical (unpaired) electrons. The molecule has 114 valence electrons. The fraction of sp³-hybridized carbons (Fsp3) is 0.786. The molecular formula is C14H26N4OS. The minimum atomic E-state index is 0.743. The number of methoxy groups -OCH3 is 1. The molecule has 0 bridgehead atoms. The van der Waals surface area contributed by atoms with E-state index in [1.807, 2.05) is 0 Å². The van der Waals surface area contributed by atoms with Gasteiger partial charge in [0.2, 0.25) is 0 Å². The van der Waals surface area contributed by atoms with E-state index in [0.29, 0.717) is 0 Å². The molecule has 0 aliphatic carbocycles. The van der Waals surface area contributed by atoms with Gasteiger partial charge in [-0.25, -0.2) is 4.98 Å². The Morgan fingerprint density at radius 1 is 1.45 bits per heavy atom. The number of nitrogens with one attached hydrogen (secondary N) is 1. The average molecular weight is 298 g/mol. The van der Waals surface area contributed by atoms with Gasteiger partial charge in [-0.1, -0.05) is 0 Å². The van der Waals surface area contributed by atoms with Crippen molar-refractivity contribution in [3.8, 4) is 0 Å². The van der Waals surface area contributed by atoms with Crippen LogP contribution in [0.4, 0.5) is 5.13 Å². The molecule has 5 nitrogen and oxygen atoms in total. The number of anilines is 1. The predicted octanol–water partition coefficient (Wildman–Crippen LogP) is 1.41. The largest absolute Gasteiger partial charge is 0.383 e. The molecule has 0 unspecified atom stereocenters. The van der Waals surface area contributed by atoms with Crippen molar-refractivity contribution in [2.75, 3.05) is 58.4 Å². The number of thiazole rings is 1. The van der Waals surface area contributed by atoms with Crippen LogP contribution in [-0.4, -0.2) is 63.4 Å². The number of aromatic nitrogens is 1. The first kappa shape index (κ1) is 15.7.